The predicted molar refractivity (Wildman–Crippen MR) is 99.4 cm³/mol. The number of pyridine rings is 1. The van der Waals surface area contributed by atoms with Crippen molar-refractivity contribution in [3.05, 3.63) is 46.1 Å². The summed E-state index contributed by atoms with van der Waals surface area (Å²) in [6.45, 7) is 0.320. The predicted octanol–water partition coefficient (Wildman–Crippen LogP) is 4.15. The number of amides is 1. The summed E-state index contributed by atoms with van der Waals surface area (Å²) >= 11 is 3.71. The highest BCUT2D eigenvalue weighted by Crippen LogP contribution is 2.33. The Labute approximate surface area is 162 Å². The zero-order chi connectivity index (χ0) is 19.1. The van der Waals surface area contributed by atoms with Crippen molar-refractivity contribution >= 4 is 33.6 Å². The largest absolute Gasteiger partial charge is 0.493 e. The number of thioether (sulfide) groups is 1. The van der Waals surface area contributed by atoms with Crippen molar-refractivity contribution in [1.82, 2.24) is 10.3 Å². The van der Waals surface area contributed by atoms with Gasteiger partial charge in [0.05, 0.1) is 19.8 Å². The Bertz CT molecular complexity index is 778. The summed E-state index contributed by atoms with van der Waals surface area (Å²) in [6.07, 6.45) is 1.90. The monoisotopic (exact) mass is 446 g/mol. The molecule has 1 aromatic carbocycles. The van der Waals surface area contributed by atoms with E-state index in [2.05, 4.69) is 26.2 Å². The molecular formula is C17H17BrF2N2O3S. The van der Waals surface area contributed by atoms with Crippen LogP contribution in [0.3, 0.4) is 0 Å². The van der Waals surface area contributed by atoms with E-state index in [0.29, 0.717) is 24.5 Å². The first kappa shape index (κ1) is 20.4. The molecular weight excluding hydrogens is 430 g/mol. The van der Waals surface area contributed by atoms with Gasteiger partial charge in [-0.1, -0.05) is 15.9 Å². The summed E-state index contributed by atoms with van der Waals surface area (Å²) in [4.78, 5) is 16.1. The lowest BCUT2D eigenvalue weighted by Crippen LogP contribution is -2.26. The molecule has 2 aromatic rings. The van der Waals surface area contributed by atoms with Gasteiger partial charge in [-0.05, 0) is 48.0 Å². The molecule has 0 bridgehead atoms. The fourth-order valence-corrected chi connectivity index (χ4v) is 3.33. The normalized spacial score (nSPS) is 10.7. The molecule has 140 valence electrons. The van der Waals surface area contributed by atoms with E-state index in [1.165, 1.54) is 18.3 Å². The Morgan fingerprint density at radius 2 is 2.00 bits per heavy atom. The Morgan fingerprint density at radius 1 is 1.31 bits per heavy atom. The van der Waals surface area contributed by atoms with E-state index in [1.54, 1.807) is 20.3 Å². The number of nitrogens with one attached hydrogen (secondary N) is 1. The summed E-state index contributed by atoms with van der Waals surface area (Å²) in [5, 5.41) is 2.73. The summed E-state index contributed by atoms with van der Waals surface area (Å²) in [5.74, 6) is -1.91. The van der Waals surface area contributed by atoms with Gasteiger partial charge >= 0.3 is 0 Å². The van der Waals surface area contributed by atoms with E-state index in [-0.39, 0.29) is 22.4 Å². The van der Waals surface area contributed by atoms with Crippen LogP contribution < -0.4 is 14.8 Å². The number of benzene rings is 1. The van der Waals surface area contributed by atoms with Gasteiger partial charge in [0.15, 0.2) is 11.5 Å². The van der Waals surface area contributed by atoms with Crippen LogP contribution in [0.2, 0.25) is 0 Å². The minimum Gasteiger partial charge on any atom is -0.493 e. The number of carbonyl (C=O) groups is 1. The van der Waals surface area contributed by atoms with Gasteiger partial charge in [-0.15, -0.1) is 0 Å². The minimum absolute atomic E-state index is 0.00676. The molecule has 2 rings (SSSR count). The lowest BCUT2D eigenvalue weighted by molar-refractivity contribution is 0.0950. The van der Waals surface area contributed by atoms with Gasteiger partial charge in [-0.25, -0.2) is 4.98 Å². The third-order valence-corrected chi connectivity index (χ3v) is 4.91. The molecule has 0 saturated heterocycles. The standard InChI is InChI=1S/C17H17BrF2N2O3S/c1-24-13-8-10(12(18)9-14(13)25-2)5-7-21-15(23)11-4-3-6-22-16(11)26-17(19)20/h3-4,6,8-9,17H,5,7H2,1-2H3,(H,21,23). The average molecular weight is 447 g/mol. The van der Waals surface area contributed by atoms with E-state index < -0.39 is 11.7 Å². The quantitative estimate of drug-likeness (QED) is 0.617. The second-order valence-electron chi connectivity index (χ2n) is 5.04. The molecule has 0 aliphatic heterocycles. The molecule has 1 aromatic heterocycles. The molecule has 5 nitrogen and oxygen atoms in total. The van der Waals surface area contributed by atoms with Crippen molar-refractivity contribution in [2.75, 3.05) is 20.8 Å². The highest BCUT2D eigenvalue weighted by molar-refractivity contribution is 9.10. The van der Waals surface area contributed by atoms with Crippen LogP contribution in [0.5, 0.6) is 11.5 Å². The minimum atomic E-state index is -2.64. The first-order valence-electron chi connectivity index (χ1n) is 7.54. The number of aromatic nitrogens is 1. The number of ether oxygens (including phenoxy) is 2. The summed E-state index contributed by atoms with van der Waals surface area (Å²) in [5.41, 5.74) is 1.04. The molecule has 0 saturated carbocycles. The van der Waals surface area contributed by atoms with Crippen LogP contribution in [0, 0.1) is 0 Å². The van der Waals surface area contributed by atoms with Crippen molar-refractivity contribution in [2.45, 2.75) is 17.2 Å². The fraction of sp³-hybridized carbons (Fsp3) is 0.294. The van der Waals surface area contributed by atoms with Crippen LogP contribution in [0.25, 0.3) is 0 Å². The Balaban J connectivity index is 2.03. The zero-order valence-electron chi connectivity index (χ0n) is 14.1. The third-order valence-electron chi connectivity index (χ3n) is 3.45. The van der Waals surface area contributed by atoms with E-state index >= 15 is 0 Å². The molecule has 26 heavy (non-hydrogen) atoms. The van der Waals surface area contributed by atoms with E-state index in [1.807, 2.05) is 6.07 Å². The van der Waals surface area contributed by atoms with Gasteiger partial charge in [-0.3, -0.25) is 4.79 Å². The van der Waals surface area contributed by atoms with Crippen LogP contribution in [0.4, 0.5) is 8.78 Å². The number of methoxy groups -OCH3 is 2. The first-order chi connectivity index (χ1) is 12.5. The van der Waals surface area contributed by atoms with Gasteiger partial charge in [0.1, 0.15) is 5.03 Å². The average Bonchev–Trinajstić information content (AvgIpc) is 2.62. The van der Waals surface area contributed by atoms with Crippen LogP contribution in [0.1, 0.15) is 15.9 Å². The Kier molecular flexibility index (Phi) is 7.65. The highest BCUT2D eigenvalue weighted by Gasteiger charge is 2.16. The molecule has 0 radical (unpaired) electrons. The zero-order valence-corrected chi connectivity index (χ0v) is 16.5. The topological polar surface area (TPSA) is 60.5 Å². The number of hydrogen-bond acceptors (Lipinski definition) is 5. The second-order valence-corrected chi connectivity index (χ2v) is 6.87. The molecule has 9 heteroatoms. The molecule has 0 aliphatic rings. The Hall–Kier alpha value is -1.87. The molecule has 0 aliphatic carbocycles. The van der Waals surface area contributed by atoms with Crippen molar-refractivity contribution in [3.63, 3.8) is 0 Å². The van der Waals surface area contributed by atoms with Crippen LogP contribution >= 0.6 is 27.7 Å². The number of carbonyl (C=O) groups excluding carboxylic acids is 1. The number of halogens is 3. The smallest absolute Gasteiger partial charge is 0.290 e. The fourth-order valence-electron chi connectivity index (χ4n) is 2.24. The molecule has 0 spiro atoms. The maximum Gasteiger partial charge on any atom is 0.290 e. The van der Waals surface area contributed by atoms with Crippen molar-refractivity contribution < 1.29 is 23.0 Å². The molecule has 0 fully saturated rings. The van der Waals surface area contributed by atoms with E-state index in [0.717, 1.165) is 10.0 Å². The number of hydrogen-bond donors (Lipinski definition) is 1. The third kappa shape index (κ3) is 5.31. The van der Waals surface area contributed by atoms with Crippen LogP contribution in [0.15, 0.2) is 40.0 Å². The molecule has 1 N–H and O–H groups in total. The summed E-state index contributed by atoms with van der Waals surface area (Å²) in [6, 6.07) is 6.61. The lowest BCUT2D eigenvalue weighted by Gasteiger charge is -2.13. The maximum absolute atomic E-state index is 12.6. The van der Waals surface area contributed by atoms with Crippen LogP contribution in [-0.2, 0) is 6.42 Å². The van der Waals surface area contributed by atoms with E-state index in [9.17, 15) is 13.6 Å². The highest BCUT2D eigenvalue weighted by atomic mass is 79.9. The van der Waals surface area contributed by atoms with Gasteiger partial charge in [0.2, 0.25) is 0 Å². The summed E-state index contributed by atoms with van der Waals surface area (Å²) in [7, 11) is 3.09. The Morgan fingerprint density at radius 3 is 2.65 bits per heavy atom. The lowest BCUT2D eigenvalue weighted by atomic mass is 10.1. The molecule has 1 amide bonds. The molecule has 0 atom stereocenters. The number of rotatable bonds is 8. The number of nitrogens with zero attached hydrogens (tertiary/aromatic N) is 1. The van der Waals surface area contributed by atoms with Crippen molar-refractivity contribution in [1.29, 1.82) is 0 Å². The van der Waals surface area contributed by atoms with Gasteiger partial charge in [0, 0.05) is 17.2 Å². The molecule has 1 heterocycles. The summed E-state index contributed by atoms with van der Waals surface area (Å²) < 4.78 is 36.5. The van der Waals surface area contributed by atoms with Crippen molar-refractivity contribution in [3.8, 4) is 11.5 Å². The molecule has 0 unspecified atom stereocenters. The van der Waals surface area contributed by atoms with Gasteiger partial charge < -0.3 is 14.8 Å². The van der Waals surface area contributed by atoms with Gasteiger partial charge in [0.25, 0.3) is 11.7 Å². The number of alkyl halides is 2. The van der Waals surface area contributed by atoms with Gasteiger partial charge in [-0.2, -0.15) is 8.78 Å². The first-order valence-corrected chi connectivity index (χ1v) is 9.22. The van der Waals surface area contributed by atoms with Crippen LogP contribution in [-0.4, -0.2) is 37.4 Å². The second kappa shape index (κ2) is 9.72. The maximum atomic E-state index is 12.6. The van der Waals surface area contributed by atoms with Crippen molar-refractivity contribution in [2.24, 2.45) is 0 Å². The SMILES string of the molecule is COc1cc(Br)c(CCNC(=O)c2cccnc2SC(F)F)cc1OC. The van der Waals surface area contributed by atoms with E-state index in [4.69, 9.17) is 9.47 Å².